The summed E-state index contributed by atoms with van der Waals surface area (Å²) in [7, 11) is -3.74. The molecule has 0 aromatic heterocycles. The predicted molar refractivity (Wildman–Crippen MR) is 103 cm³/mol. The monoisotopic (exact) mass is 388 g/mol. The topological polar surface area (TPSA) is 92.9 Å². The van der Waals surface area contributed by atoms with E-state index in [4.69, 9.17) is 10.5 Å². The van der Waals surface area contributed by atoms with Crippen molar-refractivity contribution in [3.63, 3.8) is 0 Å². The lowest BCUT2D eigenvalue weighted by atomic mass is 9.87. The molecule has 7 heteroatoms. The van der Waals surface area contributed by atoms with Gasteiger partial charge < -0.3 is 15.6 Å². The lowest BCUT2D eigenvalue weighted by molar-refractivity contribution is -0.0572. The third-order valence-corrected chi connectivity index (χ3v) is 7.23. The van der Waals surface area contributed by atoms with E-state index in [1.165, 1.54) is 10.4 Å². The van der Waals surface area contributed by atoms with Crippen LogP contribution in [0, 0.1) is 0 Å². The zero-order valence-electron chi connectivity index (χ0n) is 15.4. The molecule has 3 N–H and O–H groups in total. The van der Waals surface area contributed by atoms with Gasteiger partial charge in [0.05, 0.1) is 16.6 Å². The van der Waals surface area contributed by atoms with E-state index in [9.17, 15) is 13.5 Å². The first kappa shape index (κ1) is 18.3. The van der Waals surface area contributed by atoms with Gasteiger partial charge in [0.1, 0.15) is 17.5 Å². The molecule has 0 saturated heterocycles. The number of hydrogen-bond donors (Lipinski definition) is 2. The Balaban J connectivity index is 1.77. The predicted octanol–water partition coefficient (Wildman–Crippen LogP) is 2.36. The SMILES string of the molecule is CC1(C)Oc2ccc(S(=O)(=O)N3CCCc4ccccc43)cc2[C@H](N)[C@H]1O. The van der Waals surface area contributed by atoms with Crippen LogP contribution in [0.3, 0.4) is 0 Å². The van der Waals surface area contributed by atoms with E-state index in [0.717, 1.165) is 24.1 Å². The van der Waals surface area contributed by atoms with Gasteiger partial charge in [0.15, 0.2) is 0 Å². The summed E-state index contributed by atoms with van der Waals surface area (Å²) >= 11 is 0. The minimum atomic E-state index is -3.74. The normalized spacial score (nSPS) is 23.9. The van der Waals surface area contributed by atoms with Gasteiger partial charge in [-0.2, -0.15) is 0 Å². The molecule has 0 radical (unpaired) electrons. The number of fused-ring (bicyclic) bond motifs is 2. The highest BCUT2D eigenvalue weighted by atomic mass is 32.2. The van der Waals surface area contributed by atoms with Crippen LogP contribution in [0.25, 0.3) is 0 Å². The molecule has 0 saturated carbocycles. The van der Waals surface area contributed by atoms with Crippen molar-refractivity contribution in [2.45, 2.75) is 49.3 Å². The Kier molecular flexibility index (Phi) is 4.21. The Morgan fingerprint density at radius 1 is 1.22 bits per heavy atom. The first-order chi connectivity index (χ1) is 12.7. The summed E-state index contributed by atoms with van der Waals surface area (Å²) in [5.74, 6) is 0.510. The van der Waals surface area contributed by atoms with Crippen LogP contribution < -0.4 is 14.8 Å². The van der Waals surface area contributed by atoms with Crippen LogP contribution in [0.4, 0.5) is 5.69 Å². The first-order valence-electron chi connectivity index (χ1n) is 9.09. The lowest BCUT2D eigenvalue weighted by Crippen LogP contribution is -2.51. The summed E-state index contributed by atoms with van der Waals surface area (Å²) in [5, 5.41) is 10.4. The molecule has 0 fully saturated rings. The van der Waals surface area contributed by atoms with E-state index in [-0.39, 0.29) is 4.90 Å². The number of ether oxygens (including phenoxy) is 1. The van der Waals surface area contributed by atoms with Crippen molar-refractivity contribution in [3.05, 3.63) is 53.6 Å². The zero-order chi connectivity index (χ0) is 19.4. The van der Waals surface area contributed by atoms with Crippen molar-refractivity contribution in [1.29, 1.82) is 0 Å². The third kappa shape index (κ3) is 2.90. The second-order valence-corrected chi connectivity index (χ2v) is 9.55. The number of hydrogen-bond acceptors (Lipinski definition) is 5. The molecule has 144 valence electrons. The molecular formula is C20H24N2O4S. The van der Waals surface area contributed by atoms with E-state index in [1.54, 1.807) is 26.0 Å². The number of benzene rings is 2. The van der Waals surface area contributed by atoms with Crippen LogP contribution in [0.15, 0.2) is 47.4 Å². The maximum Gasteiger partial charge on any atom is 0.264 e. The molecule has 0 aliphatic carbocycles. The Hall–Kier alpha value is -2.09. The quantitative estimate of drug-likeness (QED) is 0.824. The van der Waals surface area contributed by atoms with Gasteiger partial charge in [0.2, 0.25) is 0 Å². The summed E-state index contributed by atoms with van der Waals surface area (Å²) < 4.78 is 34.0. The number of sulfonamides is 1. The molecule has 0 bridgehead atoms. The second kappa shape index (κ2) is 6.22. The van der Waals surface area contributed by atoms with E-state index in [1.807, 2.05) is 24.3 Å². The van der Waals surface area contributed by atoms with E-state index < -0.39 is 27.8 Å². The lowest BCUT2D eigenvalue weighted by Gasteiger charge is -2.41. The molecule has 0 amide bonds. The highest BCUT2D eigenvalue weighted by Crippen LogP contribution is 2.40. The average Bonchev–Trinajstić information content (AvgIpc) is 2.65. The van der Waals surface area contributed by atoms with Crippen LogP contribution in [0.2, 0.25) is 0 Å². The summed E-state index contributed by atoms with van der Waals surface area (Å²) in [4.78, 5) is 0.156. The van der Waals surface area contributed by atoms with E-state index in [2.05, 4.69) is 0 Å². The summed E-state index contributed by atoms with van der Waals surface area (Å²) in [5.41, 5.74) is 7.62. The molecular weight excluding hydrogens is 364 g/mol. The maximum absolute atomic E-state index is 13.3. The molecule has 27 heavy (non-hydrogen) atoms. The zero-order valence-corrected chi connectivity index (χ0v) is 16.2. The molecule has 0 unspecified atom stereocenters. The second-order valence-electron chi connectivity index (χ2n) is 7.69. The van der Waals surface area contributed by atoms with Gasteiger partial charge in [-0.15, -0.1) is 0 Å². The molecule has 2 aromatic carbocycles. The van der Waals surface area contributed by atoms with Crippen molar-refractivity contribution in [1.82, 2.24) is 0 Å². The molecule has 2 heterocycles. The molecule has 4 rings (SSSR count). The minimum Gasteiger partial charge on any atom is -0.485 e. The van der Waals surface area contributed by atoms with Crippen molar-refractivity contribution in [2.24, 2.45) is 5.73 Å². The van der Waals surface area contributed by atoms with Gasteiger partial charge in [-0.25, -0.2) is 8.42 Å². The fourth-order valence-corrected chi connectivity index (χ4v) is 5.44. The summed E-state index contributed by atoms with van der Waals surface area (Å²) in [6.45, 7) is 3.96. The van der Waals surface area contributed by atoms with Crippen LogP contribution in [0.5, 0.6) is 5.75 Å². The Labute approximate surface area is 159 Å². The van der Waals surface area contributed by atoms with Gasteiger partial charge in [0.25, 0.3) is 10.0 Å². The van der Waals surface area contributed by atoms with Gasteiger partial charge in [-0.05, 0) is 56.5 Å². The van der Waals surface area contributed by atoms with Crippen molar-refractivity contribution in [3.8, 4) is 5.75 Å². The number of nitrogens with zero attached hydrogens (tertiary/aromatic N) is 1. The number of aryl methyl sites for hydroxylation is 1. The van der Waals surface area contributed by atoms with Crippen molar-refractivity contribution >= 4 is 15.7 Å². The van der Waals surface area contributed by atoms with E-state index in [0.29, 0.717) is 17.9 Å². The van der Waals surface area contributed by atoms with Crippen LogP contribution in [0.1, 0.15) is 37.4 Å². The van der Waals surface area contributed by atoms with Crippen molar-refractivity contribution in [2.75, 3.05) is 10.8 Å². The third-order valence-electron chi connectivity index (χ3n) is 5.42. The molecule has 2 aliphatic heterocycles. The van der Waals surface area contributed by atoms with E-state index >= 15 is 0 Å². The standard InChI is InChI=1S/C20H24N2O4S/c1-20(2)19(23)18(21)15-12-14(9-10-17(15)26-20)27(24,25)22-11-5-7-13-6-3-4-8-16(13)22/h3-4,6,8-10,12,18-19,23H,5,7,11,21H2,1-2H3/t18-,19+/m0/s1. The number of aliphatic hydroxyl groups is 1. The van der Waals surface area contributed by atoms with Crippen LogP contribution >= 0.6 is 0 Å². The van der Waals surface area contributed by atoms with Crippen LogP contribution in [-0.2, 0) is 16.4 Å². The number of nitrogens with two attached hydrogens (primary N) is 1. The number of rotatable bonds is 2. The smallest absolute Gasteiger partial charge is 0.264 e. The average molecular weight is 388 g/mol. The number of anilines is 1. The maximum atomic E-state index is 13.3. The minimum absolute atomic E-state index is 0.156. The Morgan fingerprint density at radius 2 is 1.96 bits per heavy atom. The molecule has 2 atom stereocenters. The Bertz CT molecular complexity index is 987. The highest BCUT2D eigenvalue weighted by molar-refractivity contribution is 7.92. The van der Waals surface area contributed by atoms with Gasteiger partial charge >= 0.3 is 0 Å². The van der Waals surface area contributed by atoms with Crippen LogP contribution in [-0.4, -0.2) is 31.8 Å². The first-order valence-corrected chi connectivity index (χ1v) is 10.5. The summed E-state index contributed by atoms with van der Waals surface area (Å²) in [6, 6.07) is 11.6. The fraction of sp³-hybridized carbons (Fsp3) is 0.400. The number of aliphatic hydroxyl groups excluding tert-OH is 1. The van der Waals surface area contributed by atoms with Crippen molar-refractivity contribution < 1.29 is 18.3 Å². The van der Waals surface area contributed by atoms with Gasteiger partial charge in [-0.3, -0.25) is 4.31 Å². The molecule has 2 aliphatic rings. The van der Waals surface area contributed by atoms with Gasteiger partial charge in [-0.1, -0.05) is 18.2 Å². The molecule has 6 nitrogen and oxygen atoms in total. The highest BCUT2D eigenvalue weighted by Gasteiger charge is 2.42. The van der Waals surface area contributed by atoms with Gasteiger partial charge in [0, 0.05) is 12.1 Å². The largest absolute Gasteiger partial charge is 0.485 e. The molecule has 0 spiro atoms. The fourth-order valence-electron chi connectivity index (χ4n) is 3.86. The molecule has 2 aromatic rings. The summed E-state index contributed by atoms with van der Waals surface area (Å²) in [6.07, 6.45) is 0.710. The number of para-hydroxylation sites is 1. The Morgan fingerprint density at radius 3 is 2.74 bits per heavy atom.